The number of thioether (sulfide) groups is 1. The van der Waals surface area contributed by atoms with Gasteiger partial charge in [0, 0.05) is 17.3 Å². The van der Waals surface area contributed by atoms with Gasteiger partial charge in [0.2, 0.25) is 5.91 Å². The van der Waals surface area contributed by atoms with Gasteiger partial charge in [0.05, 0.1) is 22.3 Å². The second-order valence-electron chi connectivity index (χ2n) is 7.25. The van der Waals surface area contributed by atoms with Crippen LogP contribution in [0.1, 0.15) is 12.5 Å². The van der Waals surface area contributed by atoms with Gasteiger partial charge in [-0.25, -0.2) is 4.98 Å². The summed E-state index contributed by atoms with van der Waals surface area (Å²) in [5.41, 5.74) is 2.78. The second-order valence-corrected chi connectivity index (χ2v) is 8.60. The molecule has 0 fully saturated rings. The highest BCUT2D eigenvalue weighted by Crippen LogP contribution is 2.25. The van der Waals surface area contributed by atoms with E-state index < -0.39 is 0 Å². The average molecular weight is 464 g/mol. The number of benzene rings is 3. The lowest BCUT2D eigenvalue weighted by Crippen LogP contribution is -2.32. The van der Waals surface area contributed by atoms with E-state index in [4.69, 9.17) is 16.6 Å². The van der Waals surface area contributed by atoms with E-state index >= 15 is 0 Å². The summed E-state index contributed by atoms with van der Waals surface area (Å²) in [4.78, 5) is 32.8. The molecule has 0 N–H and O–H groups in total. The first-order valence-electron chi connectivity index (χ1n) is 10.3. The Hall–Kier alpha value is -3.09. The maximum atomic E-state index is 13.4. The van der Waals surface area contributed by atoms with Crippen LogP contribution in [0.3, 0.4) is 0 Å². The van der Waals surface area contributed by atoms with Crippen molar-refractivity contribution in [3.8, 4) is 5.69 Å². The number of nitrogens with zero attached hydrogens (tertiary/aromatic N) is 3. The number of para-hydroxylation sites is 2. The van der Waals surface area contributed by atoms with Crippen molar-refractivity contribution in [3.63, 3.8) is 0 Å². The van der Waals surface area contributed by atoms with Gasteiger partial charge in [-0.05, 0) is 55.8 Å². The minimum absolute atomic E-state index is 0.0559. The van der Waals surface area contributed by atoms with Crippen LogP contribution in [-0.4, -0.2) is 27.8 Å². The van der Waals surface area contributed by atoms with Crippen LogP contribution in [0.25, 0.3) is 16.6 Å². The number of rotatable bonds is 6. The van der Waals surface area contributed by atoms with E-state index in [0.717, 1.165) is 11.3 Å². The van der Waals surface area contributed by atoms with Gasteiger partial charge < -0.3 is 4.90 Å². The molecular weight excluding hydrogens is 442 g/mol. The molecule has 32 heavy (non-hydrogen) atoms. The summed E-state index contributed by atoms with van der Waals surface area (Å²) in [6.07, 6.45) is 0. The molecule has 0 aliphatic carbocycles. The summed E-state index contributed by atoms with van der Waals surface area (Å²) in [6, 6.07) is 22.2. The van der Waals surface area contributed by atoms with Gasteiger partial charge in [-0.2, -0.15) is 0 Å². The zero-order valence-corrected chi connectivity index (χ0v) is 19.4. The van der Waals surface area contributed by atoms with Crippen molar-refractivity contribution in [1.82, 2.24) is 9.55 Å². The lowest BCUT2D eigenvalue weighted by molar-refractivity contribution is -0.116. The van der Waals surface area contributed by atoms with Crippen LogP contribution in [0, 0.1) is 6.92 Å². The lowest BCUT2D eigenvalue weighted by Gasteiger charge is -2.21. The highest BCUT2D eigenvalue weighted by atomic mass is 35.5. The molecule has 4 rings (SSSR count). The average Bonchev–Trinajstić information content (AvgIpc) is 2.81. The second kappa shape index (κ2) is 9.59. The summed E-state index contributed by atoms with van der Waals surface area (Å²) < 4.78 is 1.53. The Morgan fingerprint density at radius 2 is 1.78 bits per heavy atom. The van der Waals surface area contributed by atoms with Crippen LogP contribution in [0.4, 0.5) is 5.69 Å². The summed E-state index contributed by atoms with van der Waals surface area (Å²) in [5, 5.41) is 1.53. The summed E-state index contributed by atoms with van der Waals surface area (Å²) in [7, 11) is 0. The first kappa shape index (κ1) is 22.1. The van der Waals surface area contributed by atoms with Gasteiger partial charge in [0.1, 0.15) is 0 Å². The van der Waals surface area contributed by atoms with Gasteiger partial charge in [-0.1, -0.05) is 59.8 Å². The van der Waals surface area contributed by atoms with E-state index in [0.29, 0.717) is 33.3 Å². The number of aryl methyl sites for hydroxylation is 1. The molecule has 0 aliphatic rings. The number of amides is 1. The molecule has 162 valence electrons. The van der Waals surface area contributed by atoms with Crippen molar-refractivity contribution in [3.05, 3.63) is 93.7 Å². The number of hydrogen-bond acceptors (Lipinski definition) is 4. The quantitative estimate of drug-likeness (QED) is 0.280. The Bertz CT molecular complexity index is 1340. The van der Waals surface area contributed by atoms with Crippen molar-refractivity contribution < 1.29 is 4.79 Å². The molecule has 0 unspecified atom stereocenters. The lowest BCUT2D eigenvalue weighted by atomic mass is 10.2. The summed E-state index contributed by atoms with van der Waals surface area (Å²) in [5.74, 6) is 0.0900. The first-order valence-corrected chi connectivity index (χ1v) is 11.6. The van der Waals surface area contributed by atoms with Crippen LogP contribution in [-0.2, 0) is 4.79 Å². The zero-order valence-electron chi connectivity index (χ0n) is 17.8. The fourth-order valence-corrected chi connectivity index (χ4v) is 4.54. The highest BCUT2D eigenvalue weighted by Gasteiger charge is 2.18. The summed E-state index contributed by atoms with van der Waals surface area (Å²) in [6.45, 7) is 4.40. The smallest absolute Gasteiger partial charge is 0.266 e. The molecular formula is C25H22ClN3O2S. The predicted molar refractivity (Wildman–Crippen MR) is 132 cm³/mol. The third kappa shape index (κ3) is 4.42. The van der Waals surface area contributed by atoms with E-state index in [9.17, 15) is 9.59 Å². The molecule has 3 aromatic carbocycles. The Kier molecular flexibility index (Phi) is 6.63. The Morgan fingerprint density at radius 3 is 2.50 bits per heavy atom. The molecule has 1 aromatic heterocycles. The molecule has 1 heterocycles. The molecule has 0 radical (unpaired) electrons. The van der Waals surface area contributed by atoms with Gasteiger partial charge in [-0.15, -0.1) is 0 Å². The number of anilines is 1. The number of fused-ring (bicyclic) bond motifs is 1. The third-order valence-corrected chi connectivity index (χ3v) is 6.50. The maximum absolute atomic E-state index is 13.4. The molecule has 0 bridgehead atoms. The van der Waals surface area contributed by atoms with Gasteiger partial charge >= 0.3 is 0 Å². The fraction of sp³-hybridized carbons (Fsp3) is 0.160. The van der Waals surface area contributed by atoms with Crippen molar-refractivity contribution >= 4 is 45.9 Å². The number of carbonyl (C=O) groups is 1. The van der Waals surface area contributed by atoms with E-state index in [-0.39, 0.29) is 17.2 Å². The number of halogens is 1. The SMILES string of the molecule is CCN(C(=O)CSc1nc2ccccc2c(=O)n1-c1ccc(C)c(Cl)c1)c1ccccc1. The minimum atomic E-state index is -0.194. The van der Waals surface area contributed by atoms with Crippen LogP contribution in [0.15, 0.2) is 82.7 Å². The molecule has 5 nitrogen and oxygen atoms in total. The molecule has 0 saturated heterocycles. The Labute approximate surface area is 195 Å². The number of carbonyl (C=O) groups excluding carboxylic acids is 1. The van der Waals surface area contributed by atoms with E-state index in [1.807, 2.05) is 68.4 Å². The normalized spacial score (nSPS) is 11.0. The van der Waals surface area contributed by atoms with Gasteiger partial charge in [0.15, 0.2) is 5.16 Å². The van der Waals surface area contributed by atoms with Crippen LogP contribution in [0.5, 0.6) is 0 Å². The van der Waals surface area contributed by atoms with Crippen molar-refractivity contribution in [2.45, 2.75) is 19.0 Å². The topological polar surface area (TPSA) is 55.2 Å². The maximum Gasteiger partial charge on any atom is 0.266 e. The van der Waals surface area contributed by atoms with Gasteiger partial charge in [0.25, 0.3) is 5.56 Å². The van der Waals surface area contributed by atoms with E-state index in [1.54, 1.807) is 23.1 Å². The molecule has 0 atom stereocenters. The van der Waals surface area contributed by atoms with Crippen molar-refractivity contribution in [1.29, 1.82) is 0 Å². The van der Waals surface area contributed by atoms with E-state index in [1.165, 1.54) is 16.3 Å². The largest absolute Gasteiger partial charge is 0.312 e. The monoisotopic (exact) mass is 463 g/mol. The summed E-state index contributed by atoms with van der Waals surface area (Å²) >= 11 is 7.58. The minimum Gasteiger partial charge on any atom is -0.312 e. The Balaban J connectivity index is 1.73. The zero-order chi connectivity index (χ0) is 22.7. The molecule has 0 spiro atoms. The van der Waals surface area contributed by atoms with Crippen LogP contribution < -0.4 is 10.5 Å². The van der Waals surface area contributed by atoms with Gasteiger partial charge in [-0.3, -0.25) is 14.2 Å². The molecule has 0 saturated carbocycles. The van der Waals surface area contributed by atoms with E-state index in [2.05, 4.69) is 0 Å². The third-order valence-electron chi connectivity index (χ3n) is 5.17. The molecule has 0 aliphatic heterocycles. The molecule has 1 amide bonds. The number of aromatic nitrogens is 2. The first-order chi connectivity index (χ1) is 15.5. The molecule has 4 aromatic rings. The number of hydrogen-bond donors (Lipinski definition) is 0. The van der Waals surface area contributed by atoms with Crippen molar-refractivity contribution in [2.75, 3.05) is 17.2 Å². The van der Waals surface area contributed by atoms with Crippen LogP contribution >= 0.6 is 23.4 Å². The standard InChI is InChI=1S/C25H22ClN3O2S/c1-3-28(18-9-5-4-6-10-18)23(30)16-32-25-27-22-12-8-7-11-20(22)24(31)29(25)19-14-13-17(2)21(26)15-19/h4-15H,3,16H2,1-2H3. The Morgan fingerprint density at radius 1 is 1.06 bits per heavy atom. The highest BCUT2D eigenvalue weighted by molar-refractivity contribution is 7.99. The predicted octanol–water partition coefficient (Wildman–Crippen LogP) is 5.49. The molecule has 7 heteroatoms. The van der Waals surface area contributed by atoms with Crippen molar-refractivity contribution in [2.24, 2.45) is 0 Å². The fourth-order valence-electron chi connectivity index (χ4n) is 3.47. The van der Waals surface area contributed by atoms with Crippen LogP contribution in [0.2, 0.25) is 5.02 Å².